The molecule has 1 saturated heterocycles. The van der Waals surface area contributed by atoms with Gasteiger partial charge in [-0.05, 0) is 31.9 Å². The summed E-state index contributed by atoms with van der Waals surface area (Å²) in [5.74, 6) is -1.47. The lowest BCUT2D eigenvalue weighted by molar-refractivity contribution is 0.0940. The van der Waals surface area contributed by atoms with Crippen molar-refractivity contribution in [3.05, 3.63) is 64.7 Å². The molecule has 1 atom stereocenters. The van der Waals surface area contributed by atoms with Gasteiger partial charge in [0.25, 0.3) is 12.3 Å². The highest BCUT2D eigenvalue weighted by atomic mass is 32.2. The second-order valence-electron chi connectivity index (χ2n) is 8.75. The molecule has 4 rings (SSSR count). The molecule has 1 fully saturated rings. The number of rotatable bonds is 5. The maximum Gasteiger partial charge on any atom is 0.266 e. The number of carbonyl (C=O) groups excluding carboxylic acids is 1. The largest absolute Gasteiger partial charge is 0.359 e. The Hall–Kier alpha value is -2.88. The molecule has 3 aromatic rings. The van der Waals surface area contributed by atoms with Gasteiger partial charge in [0.15, 0.2) is 0 Å². The summed E-state index contributed by atoms with van der Waals surface area (Å²) in [7, 11) is -3.08. The second kappa shape index (κ2) is 8.48. The summed E-state index contributed by atoms with van der Waals surface area (Å²) in [6, 6.07) is 6.18. The number of nitrogens with zero attached hydrogens (tertiary/aromatic N) is 1. The molecular weight excluding hydrogens is 455 g/mol. The van der Waals surface area contributed by atoms with Crippen molar-refractivity contribution >= 4 is 26.8 Å². The fourth-order valence-electron chi connectivity index (χ4n) is 4.20. The summed E-state index contributed by atoms with van der Waals surface area (Å²) in [5, 5.41) is 2.69. The van der Waals surface area contributed by atoms with Gasteiger partial charge in [0.1, 0.15) is 15.7 Å². The first-order chi connectivity index (χ1) is 15.5. The predicted molar refractivity (Wildman–Crippen MR) is 119 cm³/mol. The number of alkyl halides is 2. The molecule has 0 radical (unpaired) electrons. The van der Waals surface area contributed by atoms with Gasteiger partial charge >= 0.3 is 0 Å². The molecule has 10 heteroatoms. The number of hydrogen-bond donors (Lipinski definition) is 2. The molecule has 2 N–H and O–H groups in total. The summed E-state index contributed by atoms with van der Waals surface area (Å²) in [6.45, 7) is 3.45. The molecule has 33 heavy (non-hydrogen) atoms. The van der Waals surface area contributed by atoms with E-state index in [0.29, 0.717) is 29.6 Å². The van der Waals surface area contributed by atoms with Gasteiger partial charge in [0.05, 0.1) is 39.7 Å². The van der Waals surface area contributed by atoms with Crippen LogP contribution in [-0.2, 0) is 15.3 Å². The zero-order chi connectivity index (χ0) is 24.0. The number of fused-ring (bicyclic) bond motifs is 1. The Labute approximate surface area is 189 Å². The normalized spacial score (nSPS) is 18.4. The van der Waals surface area contributed by atoms with Gasteiger partial charge in [-0.3, -0.25) is 9.78 Å². The van der Waals surface area contributed by atoms with Crippen molar-refractivity contribution < 1.29 is 26.4 Å². The number of halogens is 3. The van der Waals surface area contributed by atoms with Crippen LogP contribution in [0.4, 0.5) is 13.2 Å². The van der Waals surface area contributed by atoms with Gasteiger partial charge in [0.2, 0.25) is 0 Å². The second-order valence-corrected chi connectivity index (χ2v) is 11.1. The number of aromatic nitrogens is 2. The van der Waals surface area contributed by atoms with Crippen molar-refractivity contribution in [3.8, 4) is 0 Å². The molecule has 0 saturated carbocycles. The molecule has 6 nitrogen and oxygen atoms in total. The first-order valence-corrected chi connectivity index (χ1v) is 12.4. The maximum absolute atomic E-state index is 14.6. The summed E-state index contributed by atoms with van der Waals surface area (Å²) in [4.78, 5) is 20.8. The summed E-state index contributed by atoms with van der Waals surface area (Å²) in [6.07, 6.45) is -0.543. The topological polar surface area (TPSA) is 91.9 Å². The van der Waals surface area contributed by atoms with Crippen molar-refractivity contribution in [1.82, 2.24) is 15.3 Å². The van der Waals surface area contributed by atoms with E-state index in [0.717, 1.165) is 6.07 Å². The Bertz CT molecular complexity index is 1310. The molecule has 2 aromatic heterocycles. The number of benzene rings is 1. The van der Waals surface area contributed by atoms with Crippen LogP contribution in [-0.4, -0.2) is 35.8 Å². The minimum absolute atomic E-state index is 0.0393. The average Bonchev–Trinajstić information content (AvgIpc) is 3.24. The number of pyridine rings is 1. The highest BCUT2D eigenvalue weighted by Gasteiger charge is 2.37. The van der Waals surface area contributed by atoms with Crippen LogP contribution in [0.3, 0.4) is 0 Å². The summed E-state index contributed by atoms with van der Waals surface area (Å²) >= 11 is 0. The number of carbonyl (C=O) groups is 1. The van der Waals surface area contributed by atoms with E-state index < -0.39 is 45.0 Å². The minimum atomic E-state index is -3.08. The van der Waals surface area contributed by atoms with Crippen molar-refractivity contribution in [3.63, 3.8) is 0 Å². The number of aromatic amines is 1. The Morgan fingerprint density at radius 3 is 2.52 bits per heavy atom. The summed E-state index contributed by atoms with van der Waals surface area (Å²) < 4.78 is 64.5. The zero-order valence-corrected chi connectivity index (χ0v) is 19.0. The van der Waals surface area contributed by atoms with Crippen molar-refractivity contribution in [2.75, 3.05) is 11.5 Å². The molecule has 3 heterocycles. The fraction of sp³-hybridized carbons (Fsp3) is 0.391. The van der Waals surface area contributed by atoms with E-state index in [4.69, 9.17) is 0 Å². The third-order valence-corrected chi connectivity index (χ3v) is 8.07. The van der Waals surface area contributed by atoms with Gasteiger partial charge in [-0.25, -0.2) is 21.6 Å². The van der Waals surface area contributed by atoms with E-state index >= 15 is 0 Å². The smallest absolute Gasteiger partial charge is 0.266 e. The van der Waals surface area contributed by atoms with Crippen molar-refractivity contribution in [2.45, 2.75) is 44.6 Å². The lowest BCUT2D eigenvalue weighted by Gasteiger charge is -2.33. The van der Waals surface area contributed by atoms with Crippen LogP contribution >= 0.6 is 0 Å². The van der Waals surface area contributed by atoms with Crippen LogP contribution in [0, 0.1) is 5.82 Å². The fourth-order valence-corrected chi connectivity index (χ4v) is 5.92. The molecule has 1 aromatic carbocycles. The average molecular weight is 480 g/mol. The Kier molecular flexibility index (Phi) is 5.98. The van der Waals surface area contributed by atoms with Crippen LogP contribution in [0.25, 0.3) is 11.0 Å². The lowest BCUT2D eigenvalue weighted by Crippen LogP contribution is -2.36. The molecule has 1 aliphatic heterocycles. The monoisotopic (exact) mass is 479 g/mol. The van der Waals surface area contributed by atoms with E-state index in [1.165, 1.54) is 19.1 Å². The predicted octanol–water partition coefficient (Wildman–Crippen LogP) is 4.60. The number of amides is 1. The first-order valence-electron chi connectivity index (χ1n) is 10.6. The van der Waals surface area contributed by atoms with Crippen molar-refractivity contribution in [2.24, 2.45) is 0 Å². The molecule has 0 spiro atoms. The number of sulfone groups is 1. The van der Waals surface area contributed by atoms with E-state index in [2.05, 4.69) is 15.3 Å². The summed E-state index contributed by atoms with van der Waals surface area (Å²) in [5.41, 5.74) is 0.632. The van der Waals surface area contributed by atoms with Crippen LogP contribution in [0.15, 0.2) is 36.5 Å². The van der Waals surface area contributed by atoms with Gasteiger partial charge in [-0.15, -0.1) is 0 Å². The third-order valence-electron chi connectivity index (χ3n) is 6.42. The molecule has 0 unspecified atom stereocenters. The molecule has 1 aliphatic rings. The Balaban J connectivity index is 1.66. The number of nitrogens with one attached hydrogen (secondary N) is 2. The molecular formula is C23H24F3N3O3S. The number of H-pyrrole nitrogens is 1. The van der Waals surface area contributed by atoms with Gasteiger partial charge in [-0.1, -0.05) is 25.1 Å². The van der Waals surface area contributed by atoms with Gasteiger partial charge in [-0.2, -0.15) is 0 Å². The van der Waals surface area contributed by atoms with Crippen molar-refractivity contribution in [1.29, 1.82) is 0 Å². The third kappa shape index (κ3) is 4.48. The molecule has 0 aliphatic carbocycles. The Morgan fingerprint density at radius 2 is 1.85 bits per heavy atom. The quantitative estimate of drug-likeness (QED) is 0.560. The van der Waals surface area contributed by atoms with E-state index in [-0.39, 0.29) is 22.6 Å². The van der Waals surface area contributed by atoms with Crippen LogP contribution in [0.5, 0.6) is 0 Å². The lowest BCUT2D eigenvalue weighted by atomic mass is 9.80. The highest BCUT2D eigenvalue weighted by molar-refractivity contribution is 7.91. The van der Waals surface area contributed by atoms with E-state index in [9.17, 15) is 26.4 Å². The maximum atomic E-state index is 14.6. The Morgan fingerprint density at radius 1 is 1.18 bits per heavy atom. The standard InChI is InChI=1S/C23H24F3N3O3S/c1-13(14-4-3-5-15(19(14)24)21(25)26)28-22(30)16-12-18(29-17-6-9-27-20(16)17)23(2)7-10-33(31,32)11-8-23/h3-6,9,12-13,21,27H,7-8,10-11H2,1-2H3,(H,28,30)/t13-/m1/s1. The zero-order valence-electron chi connectivity index (χ0n) is 18.2. The van der Waals surface area contributed by atoms with E-state index in [1.807, 2.05) is 6.92 Å². The highest BCUT2D eigenvalue weighted by Crippen LogP contribution is 2.36. The molecule has 0 bridgehead atoms. The first kappa shape index (κ1) is 23.3. The van der Waals surface area contributed by atoms with Crippen LogP contribution in [0.2, 0.25) is 0 Å². The van der Waals surface area contributed by atoms with Gasteiger partial charge in [0, 0.05) is 22.9 Å². The molecule has 1 amide bonds. The number of hydrogen-bond acceptors (Lipinski definition) is 4. The minimum Gasteiger partial charge on any atom is -0.359 e. The van der Waals surface area contributed by atoms with Crippen LogP contribution in [0.1, 0.15) is 66.3 Å². The molecule has 176 valence electrons. The van der Waals surface area contributed by atoms with E-state index in [1.54, 1.807) is 18.3 Å². The van der Waals surface area contributed by atoms with Crippen LogP contribution < -0.4 is 5.32 Å². The SMILES string of the molecule is C[C@@H](NC(=O)c1cc(C2(C)CCS(=O)(=O)CC2)nc2cc[nH]c12)c1cccc(C(F)F)c1F. The van der Waals surface area contributed by atoms with Gasteiger partial charge < -0.3 is 10.3 Å².